The molecule has 4 aromatic rings. The fraction of sp³-hybridized carbons (Fsp3) is 0.310. The number of hydrogen-bond acceptors (Lipinski definition) is 5. The quantitative estimate of drug-likeness (QED) is 0.415. The molecule has 5 rings (SSSR count). The van der Waals surface area contributed by atoms with Crippen LogP contribution in [0.25, 0.3) is 17.2 Å². The number of benzene rings is 2. The molecule has 0 bridgehead atoms. The van der Waals surface area contributed by atoms with Gasteiger partial charge in [0.25, 0.3) is 11.5 Å². The molecule has 1 fully saturated rings. The fourth-order valence-electron chi connectivity index (χ4n) is 5.28. The summed E-state index contributed by atoms with van der Waals surface area (Å²) in [5, 5.41) is 16.1. The minimum absolute atomic E-state index is 0.158. The zero-order chi connectivity index (χ0) is 27.0. The van der Waals surface area contributed by atoms with Crippen molar-refractivity contribution in [3.8, 4) is 23.1 Å². The Hall–Kier alpha value is -4.27. The Morgan fingerprint density at radius 2 is 1.79 bits per heavy atom. The largest absolute Gasteiger partial charge is 0.493 e. The molecule has 1 atom stereocenters. The van der Waals surface area contributed by atoms with E-state index in [4.69, 9.17) is 0 Å². The Labute approximate surface area is 220 Å². The predicted molar refractivity (Wildman–Crippen MR) is 142 cm³/mol. The van der Waals surface area contributed by atoms with E-state index >= 15 is 0 Å². The summed E-state index contributed by atoms with van der Waals surface area (Å²) < 4.78 is 17.5. The summed E-state index contributed by atoms with van der Waals surface area (Å²) in [6.45, 7) is 4.59. The zero-order valence-corrected chi connectivity index (χ0v) is 21.7. The Kier molecular flexibility index (Phi) is 6.84. The van der Waals surface area contributed by atoms with Gasteiger partial charge in [-0.2, -0.15) is 10.1 Å². The second kappa shape index (κ2) is 10.2. The summed E-state index contributed by atoms with van der Waals surface area (Å²) in [4.78, 5) is 32.8. The minimum atomic E-state index is -0.828. The van der Waals surface area contributed by atoms with E-state index in [9.17, 15) is 19.1 Å². The third kappa shape index (κ3) is 4.38. The maximum Gasteiger partial charge on any atom is 0.290 e. The molecule has 2 aromatic carbocycles. The highest BCUT2D eigenvalue weighted by Gasteiger charge is 2.34. The van der Waals surface area contributed by atoms with Gasteiger partial charge in [-0.1, -0.05) is 50.2 Å². The molecule has 9 heteroatoms. The maximum atomic E-state index is 14.4. The number of likely N-dealkylation sites (tertiary alicyclic amines) is 1. The van der Waals surface area contributed by atoms with Gasteiger partial charge in [0.15, 0.2) is 11.4 Å². The van der Waals surface area contributed by atoms with Gasteiger partial charge < -0.3 is 10.0 Å². The SMILES string of the molecule is CCc1cccc(CC)c1-n1c(-c2ccn(C)n2)nc(=O)c(C(=O)N2CCC(c3ccccc3F)C2)c1O. The standard InChI is InChI=1S/C29H30FN5O3/c1-4-18-9-8-10-19(5-2)25(18)35-26(23-14-15-33(3)32-23)31-27(36)24(29(35)38)28(37)34-16-13-20(17-34)21-11-6-7-12-22(21)30/h6-12,14-15,20,38H,4-5,13,16-17H2,1-3H3. The molecule has 196 valence electrons. The van der Waals surface area contributed by atoms with Gasteiger partial charge in [-0.15, -0.1) is 0 Å². The first-order chi connectivity index (χ1) is 18.3. The molecule has 1 N–H and O–H groups in total. The van der Waals surface area contributed by atoms with Crippen LogP contribution in [0.3, 0.4) is 0 Å². The summed E-state index contributed by atoms with van der Waals surface area (Å²) in [6, 6.07) is 14.1. The van der Waals surface area contributed by atoms with Gasteiger partial charge in [-0.05, 0) is 48.1 Å². The molecule has 8 nitrogen and oxygen atoms in total. The van der Waals surface area contributed by atoms with Crippen molar-refractivity contribution in [3.63, 3.8) is 0 Å². The third-order valence-corrected chi connectivity index (χ3v) is 7.23. The lowest BCUT2D eigenvalue weighted by atomic mass is 9.98. The molecule has 1 aliphatic heterocycles. The van der Waals surface area contributed by atoms with Gasteiger partial charge >= 0.3 is 0 Å². The first kappa shape index (κ1) is 25.4. The minimum Gasteiger partial charge on any atom is -0.493 e. The van der Waals surface area contributed by atoms with Crippen LogP contribution in [0, 0.1) is 5.82 Å². The van der Waals surface area contributed by atoms with Gasteiger partial charge in [0.05, 0.1) is 5.69 Å². The van der Waals surface area contributed by atoms with E-state index in [1.165, 1.54) is 15.5 Å². The summed E-state index contributed by atoms with van der Waals surface area (Å²) in [6.07, 6.45) is 3.60. The lowest BCUT2D eigenvalue weighted by Crippen LogP contribution is -2.34. The highest BCUT2D eigenvalue weighted by atomic mass is 19.1. The lowest BCUT2D eigenvalue weighted by molar-refractivity contribution is 0.0784. The lowest BCUT2D eigenvalue weighted by Gasteiger charge is -2.23. The Morgan fingerprint density at radius 1 is 1.08 bits per heavy atom. The van der Waals surface area contributed by atoms with Crippen molar-refractivity contribution in [1.82, 2.24) is 24.2 Å². The second-order valence-corrected chi connectivity index (χ2v) is 9.54. The predicted octanol–water partition coefficient (Wildman–Crippen LogP) is 4.23. The van der Waals surface area contributed by atoms with E-state index in [1.807, 2.05) is 32.0 Å². The van der Waals surface area contributed by atoms with E-state index in [-0.39, 0.29) is 24.1 Å². The Bertz CT molecular complexity index is 1550. The number of halogens is 1. The van der Waals surface area contributed by atoms with E-state index in [0.717, 1.165) is 11.1 Å². The van der Waals surface area contributed by atoms with Crippen molar-refractivity contribution in [1.29, 1.82) is 0 Å². The number of carbonyl (C=O) groups is 1. The molecule has 0 aliphatic carbocycles. The van der Waals surface area contributed by atoms with Crippen molar-refractivity contribution in [3.05, 3.63) is 93.2 Å². The van der Waals surface area contributed by atoms with Crippen LogP contribution in [-0.4, -0.2) is 48.3 Å². The second-order valence-electron chi connectivity index (χ2n) is 9.54. The number of para-hydroxylation sites is 1. The number of hydrogen-bond donors (Lipinski definition) is 1. The molecule has 2 aromatic heterocycles. The van der Waals surface area contributed by atoms with Crippen molar-refractivity contribution in [2.45, 2.75) is 39.0 Å². The molecule has 38 heavy (non-hydrogen) atoms. The van der Waals surface area contributed by atoms with Crippen LogP contribution in [0.2, 0.25) is 0 Å². The average molecular weight is 516 g/mol. The van der Waals surface area contributed by atoms with Gasteiger partial charge in [-0.3, -0.25) is 18.8 Å². The van der Waals surface area contributed by atoms with Crippen LogP contribution >= 0.6 is 0 Å². The summed E-state index contributed by atoms with van der Waals surface area (Å²) in [7, 11) is 1.75. The highest BCUT2D eigenvalue weighted by Crippen LogP contribution is 2.34. The molecule has 3 heterocycles. The van der Waals surface area contributed by atoms with E-state index < -0.39 is 22.9 Å². The molecular formula is C29H30FN5O3. The Morgan fingerprint density at radius 3 is 2.42 bits per heavy atom. The number of nitrogens with zero attached hydrogens (tertiary/aromatic N) is 5. The average Bonchev–Trinajstić information content (AvgIpc) is 3.58. The molecule has 0 spiro atoms. The first-order valence-corrected chi connectivity index (χ1v) is 12.8. The molecule has 1 aliphatic rings. The summed E-state index contributed by atoms with van der Waals surface area (Å²) >= 11 is 0. The number of aromatic hydroxyl groups is 1. The fourth-order valence-corrected chi connectivity index (χ4v) is 5.28. The van der Waals surface area contributed by atoms with Crippen molar-refractivity contribution in [2.24, 2.45) is 7.05 Å². The van der Waals surface area contributed by atoms with Gasteiger partial charge in [0.2, 0.25) is 5.88 Å². The zero-order valence-electron chi connectivity index (χ0n) is 21.7. The van der Waals surface area contributed by atoms with Crippen LogP contribution in [0.15, 0.2) is 59.5 Å². The van der Waals surface area contributed by atoms with Crippen LogP contribution < -0.4 is 5.56 Å². The van der Waals surface area contributed by atoms with E-state index in [1.54, 1.807) is 42.2 Å². The monoisotopic (exact) mass is 515 g/mol. The number of aromatic nitrogens is 4. The normalized spacial score (nSPS) is 15.3. The molecule has 0 radical (unpaired) electrons. The van der Waals surface area contributed by atoms with Gasteiger partial charge in [-0.25, -0.2) is 4.39 Å². The van der Waals surface area contributed by atoms with Crippen LogP contribution in [-0.2, 0) is 19.9 Å². The molecule has 1 saturated heterocycles. The molecule has 1 amide bonds. The summed E-state index contributed by atoms with van der Waals surface area (Å²) in [5.41, 5.74) is 2.26. The molecule has 0 saturated carbocycles. The number of aryl methyl sites for hydroxylation is 3. The van der Waals surface area contributed by atoms with Crippen molar-refractivity contribution < 1.29 is 14.3 Å². The molecule has 1 unspecified atom stereocenters. The third-order valence-electron chi connectivity index (χ3n) is 7.23. The number of rotatable bonds is 6. The van der Waals surface area contributed by atoms with Crippen molar-refractivity contribution in [2.75, 3.05) is 13.1 Å². The first-order valence-electron chi connectivity index (χ1n) is 12.8. The Balaban J connectivity index is 1.65. The van der Waals surface area contributed by atoms with E-state index in [2.05, 4.69) is 10.1 Å². The van der Waals surface area contributed by atoms with Crippen molar-refractivity contribution >= 4 is 5.91 Å². The maximum absolute atomic E-state index is 14.4. The van der Waals surface area contributed by atoms with Crippen LogP contribution in [0.4, 0.5) is 4.39 Å². The number of amides is 1. The van der Waals surface area contributed by atoms with E-state index in [0.29, 0.717) is 42.8 Å². The van der Waals surface area contributed by atoms with Gasteiger partial charge in [0.1, 0.15) is 11.5 Å². The topological polar surface area (TPSA) is 93.2 Å². The number of carbonyl (C=O) groups excluding carboxylic acids is 1. The molecular weight excluding hydrogens is 485 g/mol. The van der Waals surface area contributed by atoms with Crippen LogP contribution in [0.1, 0.15) is 53.2 Å². The summed E-state index contributed by atoms with van der Waals surface area (Å²) in [5.74, 6) is -1.45. The highest BCUT2D eigenvalue weighted by molar-refractivity contribution is 5.96. The smallest absolute Gasteiger partial charge is 0.290 e. The van der Waals surface area contributed by atoms with Crippen LogP contribution in [0.5, 0.6) is 5.88 Å². The van der Waals surface area contributed by atoms with Gasteiger partial charge in [0, 0.05) is 32.3 Å².